The highest BCUT2D eigenvalue weighted by molar-refractivity contribution is 9.10. The fourth-order valence-electron chi connectivity index (χ4n) is 2.28. The molecule has 4 heteroatoms. The summed E-state index contributed by atoms with van der Waals surface area (Å²) in [5.74, 6) is 0. The maximum absolute atomic E-state index is 5.22. The van der Waals surface area contributed by atoms with E-state index in [1.54, 1.807) is 7.11 Å². The van der Waals surface area contributed by atoms with E-state index in [4.69, 9.17) is 4.74 Å². The Labute approximate surface area is 131 Å². The third-order valence-electron chi connectivity index (χ3n) is 3.45. The molecule has 0 saturated heterocycles. The maximum Gasteiger partial charge on any atom is 0.0637 e. The molecular weight excluding hydrogens is 316 g/mol. The number of hydrogen-bond acceptors (Lipinski definition) is 3. The number of ether oxygens (including phenoxy) is 1. The Morgan fingerprint density at radius 2 is 2.10 bits per heavy atom. The molecule has 0 aromatic heterocycles. The summed E-state index contributed by atoms with van der Waals surface area (Å²) in [6, 6.07) is 6.89. The van der Waals surface area contributed by atoms with E-state index < -0.39 is 0 Å². The van der Waals surface area contributed by atoms with E-state index in [2.05, 4.69) is 65.1 Å². The largest absolute Gasteiger partial charge is 0.383 e. The van der Waals surface area contributed by atoms with Crippen LogP contribution in [0.2, 0.25) is 0 Å². The minimum atomic E-state index is 0.356. The van der Waals surface area contributed by atoms with Crippen LogP contribution in [0.3, 0.4) is 0 Å². The first kappa shape index (κ1) is 17.5. The molecule has 3 nitrogen and oxygen atoms in total. The van der Waals surface area contributed by atoms with Gasteiger partial charge in [-0.3, -0.25) is 0 Å². The summed E-state index contributed by atoms with van der Waals surface area (Å²) in [5, 5.41) is 3.57. The van der Waals surface area contributed by atoms with E-state index in [-0.39, 0.29) is 0 Å². The Morgan fingerprint density at radius 3 is 2.70 bits per heavy atom. The van der Waals surface area contributed by atoms with E-state index in [0.717, 1.165) is 37.1 Å². The molecule has 0 radical (unpaired) electrons. The van der Waals surface area contributed by atoms with Crippen molar-refractivity contribution in [3.63, 3.8) is 0 Å². The smallest absolute Gasteiger partial charge is 0.0637 e. The topological polar surface area (TPSA) is 24.5 Å². The van der Waals surface area contributed by atoms with Crippen molar-refractivity contribution >= 4 is 21.6 Å². The third kappa shape index (κ3) is 5.08. The number of methoxy groups -OCH3 is 1. The molecule has 0 aliphatic carbocycles. The average Bonchev–Trinajstić information content (AvgIpc) is 2.45. The lowest BCUT2D eigenvalue weighted by molar-refractivity contribution is 0.205. The lowest BCUT2D eigenvalue weighted by atomic mass is 10.0. The highest BCUT2D eigenvalue weighted by Crippen LogP contribution is 2.29. The van der Waals surface area contributed by atoms with Crippen LogP contribution in [0.25, 0.3) is 0 Å². The molecule has 1 N–H and O–H groups in total. The van der Waals surface area contributed by atoms with Crippen LogP contribution in [0.4, 0.5) is 5.69 Å². The Balaban J connectivity index is 2.98. The highest BCUT2D eigenvalue weighted by atomic mass is 79.9. The number of hydrogen-bond donors (Lipinski definition) is 1. The predicted octanol–water partition coefficient (Wildman–Crippen LogP) is 3.98. The van der Waals surface area contributed by atoms with E-state index >= 15 is 0 Å². The van der Waals surface area contributed by atoms with Gasteiger partial charge in [0.1, 0.15) is 0 Å². The van der Waals surface area contributed by atoms with Crippen LogP contribution in [0.15, 0.2) is 22.7 Å². The van der Waals surface area contributed by atoms with Gasteiger partial charge in [0.15, 0.2) is 0 Å². The molecule has 0 spiro atoms. The molecule has 1 unspecified atom stereocenters. The fourth-order valence-corrected chi connectivity index (χ4v) is 2.63. The van der Waals surface area contributed by atoms with Crippen LogP contribution >= 0.6 is 15.9 Å². The van der Waals surface area contributed by atoms with Crippen molar-refractivity contribution in [2.75, 3.05) is 38.3 Å². The zero-order valence-electron chi connectivity index (χ0n) is 13.1. The minimum Gasteiger partial charge on any atom is -0.383 e. The first-order valence-corrected chi connectivity index (χ1v) is 8.20. The molecule has 1 atom stereocenters. The predicted molar refractivity (Wildman–Crippen MR) is 90.6 cm³/mol. The molecule has 0 aliphatic heterocycles. The van der Waals surface area contributed by atoms with E-state index in [9.17, 15) is 0 Å². The van der Waals surface area contributed by atoms with Crippen molar-refractivity contribution in [2.24, 2.45) is 0 Å². The van der Waals surface area contributed by atoms with Gasteiger partial charge in [0.25, 0.3) is 0 Å². The zero-order valence-corrected chi connectivity index (χ0v) is 14.7. The zero-order chi connectivity index (χ0) is 15.0. The number of nitrogens with one attached hydrogen (secondary N) is 1. The lowest BCUT2D eigenvalue weighted by Gasteiger charge is -2.28. The molecule has 0 aliphatic rings. The Bertz CT molecular complexity index is 398. The van der Waals surface area contributed by atoms with Crippen LogP contribution in [-0.2, 0) is 4.74 Å². The van der Waals surface area contributed by atoms with Crippen LogP contribution in [0.5, 0.6) is 0 Å². The number of likely N-dealkylation sites (N-methyl/N-ethyl adjacent to an activating group) is 1. The van der Waals surface area contributed by atoms with Crippen LogP contribution < -0.4 is 10.2 Å². The van der Waals surface area contributed by atoms with Crippen molar-refractivity contribution < 1.29 is 4.74 Å². The second kappa shape index (κ2) is 9.37. The van der Waals surface area contributed by atoms with Crippen molar-refractivity contribution in [1.82, 2.24) is 5.32 Å². The number of rotatable bonds is 9. The van der Waals surface area contributed by atoms with Gasteiger partial charge in [0.05, 0.1) is 6.61 Å². The van der Waals surface area contributed by atoms with Crippen molar-refractivity contribution in [3.8, 4) is 0 Å². The van der Waals surface area contributed by atoms with Gasteiger partial charge in [-0.25, -0.2) is 0 Å². The standard InChI is InChI=1S/C16H27BrN2O/c1-5-9-18-13(3)15-8-7-14(17)12-16(15)19(6-2)10-11-20-4/h7-8,12-13,18H,5-6,9-11H2,1-4H3. The summed E-state index contributed by atoms with van der Waals surface area (Å²) < 4.78 is 6.34. The number of anilines is 1. The first-order chi connectivity index (χ1) is 9.63. The Kier molecular flexibility index (Phi) is 8.19. The molecule has 0 fully saturated rings. The highest BCUT2D eigenvalue weighted by Gasteiger charge is 2.15. The van der Waals surface area contributed by atoms with Gasteiger partial charge < -0.3 is 15.0 Å². The molecule has 0 heterocycles. The Hall–Kier alpha value is -0.580. The average molecular weight is 343 g/mol. The third-order valence-corrected chi connectivity index (χ3v) is 3.94. The van der Waals surface area contributed by atoms with Gasteiger partial charge in [-0.15, -0.1) is 0 Å². The van der Waals surface area contributed by atoms with Crippen molar-refractivity contribution in [2.45, 2.75) is 33.2 Å². The summed E-state index contributed by atoms with van der Waals surface area (Å²) in [4.78, 5) is 2.37. The quantitative estimate of drug-likeness (QED) is 0.734. The van der Waals surface area contributed by atoms with Crippen LogP contribution in [0, 0.1) is 0 Å². The molecule has 0 saturated carbocycles. The monoisotopic (exact) mass is 342 g/mol. The molecular formula is C16H27BrN2O. The molecule has 0 bridgehead atoms. The van der Waals surface area contributed by atoms with Crippen LogP contribution in [0.1, 0.15) is 38.8 Å². The Morgan fingerprint density at radius 1 is 1.35 bits per heavy atom. The summed E-state index contributed by atoms with van der Waals surface area (Å²) in [7, 11) is 1.75. The van der Waals surface area contributed by atoms with Gasteiger partial charge in [-0.05, 0) is 44.5 Å². The summed E-state index contributed by atoms with van der Waals surface area (Å²) in [6.07, 6.45) is 1.15. The van der Waals surface area contributed by atoms with Crippen LogP contribution in [-0.4, -0.2) is 33.4 Å². The summed E-state index contributed by atoms with van der Waals surface area (Å²) >= 11 is 3.59. The molecule has 1 aromatic rings. The minimum absolute atomic E-state index is 0.356. The number of benzene rings is 1. The van der Waals surface area contributed by atoms with Crippen molar-refractivity contribution in [3.05, 3.63) is 28.2 Å². The maximum atomic E-state index is 5.22. The van der Waals surface area contributed by atoms with Crippen molar-refractivity contribution in [1.29, 1.82) is 0 Å². The summed E-state index contributed by atoms with van der Waals surface area (Å²) in [6.45, 7) is 10.3. The van der Waals surface area contributed by atoms with Gasteiger partial charge >= 0.3 is 0 Å². The lowest BCUT2D eigenvalue weighted by Crippen LogP contribution is -2.29. The molecule has 20 heavy (non-hydrogen) atoms. The van der Waals surface area contributed by atoms with E-state index in [0.29, 0.717) is 6.04 Å². The number of halogens is 1. The van der Waals surface area contributed by atoms with E-state index in [1.807, 2.05) is 0 Å². The second-order valence-electron chi connectivity index (χ2n) is 4.95. The molecule has 0 amide bonds. The summed E-state index contributed by atoms with van der Waals surface area (Å²) in [5.41, 5.74) is 2.63. The van der Waals surface area contributed by atoms with Gasteiger partial charge in [0, 0.05) is 36.4 Å². The molecule has 1 rings (SSSR count). The van der Waals surface area contributed by atoms with Gasteiger partial charge in [-0.2, -0.15) is 0 Å². The normalized spacial score (nSPS) is 12.4. The van der Waals surface area contributed by atoms with E-state index in [1.165, 1.54) is 11.3 Å². The second-order valence-corrected chi connectivity index (χ2v) is 5.87. The van der Waals surface area contributed by atoms with Gasteiger partial charge in [0.2, 0.25) is 0 Å². The van der Waals surface area contributed by atoms with Gasteiger partial charge in [-0.1, -0.05) is 28.9 Å². The SMILES string of the molecule is CCCNC(C)c1ccc(Br)cc1N(CC)CCOC. The molecule has 1 aromatic carbocycles. The first-order valence-electron chi connectivity index (χ1n) is 7.40. The number of nitrogens with zero attached hydrogens (tertiary/aromatic N) is 1. The molecule has 114 valence electrons. The fraction of sp³-hybridized carbons (Fsp3) is 0.625.